The fourth-order valence-corrected chi connectivity index (χ4v) is 2.23. The van der Waals surface area contributed by atoms with Gasteiger partial charge >= 0.3 is 6.18 Å². The number of amides is 2. The van der Waals surface area contributed by atoms with E-state index < -0.39 is 18.7 Å². The number of hydrogen-bond acceptors (Lipinski definition) is 4. The molecule has 2 N–H and O–H groups in total. The van der Waals surface area contributed by atoms with Crippen molar-refractivity contribution in [1.29, 1.82) is 5.26 Å². The number of rotatable bonds is 6. The lowest BCUT2D eigenvalue weighted by atomic mass is 10.1. The van der Waals surface area contributed by atoms with Crippen LogP contribution in [0.5, 0.6) is 5.75 Å². The molecule has 2 aromatic carbocycles. The first-order valence-electron chi connectivity index (χ1n) is 8.27. The SMILES string of the molecule is CNC(=O)c1ccc(/C=C/C(=O)Nc2ccc(OCC(F)(F)F)c(C#N)c2)cc1. The highest BCUT2D eigenvalue weighted by Crippen LogP contribution is 2.25. The second-order valence-corrected chi connectivity index (χ2v) is 5.75. The largest absolute Gasteiger partial charge is 0.483 e. The molecular formula is C20H16F3N3O3. The first kappa shape index (κ1) is 21.5. The molecule has 2 aromatic rings. The molecule has 0 saturated carbocycles. The van der Waals surface area contributed by atoms with E-state index in [1.54, 1.807) is 30.3 Å². The number of nitriles is 1. The van der Waals surface area contributed by atoms with Gasteiger partial charge in [0.25, 0.3) is 5.91 Å². The zero-order valence-corrected chi connectivity index (χ0v) is 15.2. The van der Waals surface area contributed by atoms with E-state index in [9.17, 15) is 22.8 Å². The fraction of sp³-hybridized carbons (Fsp3) is 0.150. The molecule has 0 atom stereocenters. The number of carbonyl (C=O) groups is 2. The monoisotopic (exact) mass is 403 g/mol. The minimum absolute atomic E-state index is 0.138. The van der Waals surface area contributed by atoms with E-state index in [-0.39, 0.29) is 22.9 Å². The van der Waals surface area contributed by atoms with Gasteiger partial charge in [0, 0.05) is 24.4 Å². The lowest BCUT2D eigenvalue weighted by Gasteiger charge is -2.11. The molecule has 0 saturated heterocycles. The highest BCUT2D eigenvalue weighted by atomic mass is 19.4. The second-order valence-electron chi connectivity index (χ2n) is 5.75. The van der Waals surface area contributed by atoms with Crippen molar-refractivity contribution < 1.29 is 27.5 Å². The van der Waals surface area contributed by atoms with E-state index in [0.717, 1.165) is 0 Å². The first-order chi connectivity index (χ1) is 13.7. The average molecular weight is 403 g/mol. The molecule has 0 bridgehead atoms. The summed E-state index contributed by atoms with van der Waals surface area (Å²) in [5, 5.41) is 14.1. The number of halogens is 3. The van der Waals surface area contributed by atoms with Gasteiger partial charge in [-0.25, -0.2) is 0 Å². The molecule has 150 valence electrons. The van der Waals surface area contributed by atoms with Crippen molar-refractivity contribution >= 4 is 23.6 Å². The topological polar surface area (TPSA) is 91.2 Å². The Hall–Kier alpha value is -3.80. The molecule has 2 rings (SSSR count). The summed E-state index contributed by atoms with van der Waals surface area (Å²) >= 11 is 0. The average Bonchev–Trinajstić information content (AvgIpc) is 2.70. The van der Waals surface area contributed by atoms with Gasteiger partial charge in [-0.1, -0.05) is 12.1 Å². The Morgan fingerprint density at radius 3 is 2.45 bits per heavy atom. The third kappa shape index (κ3) is 6.70. The minimum Gasteiger partial charge on any atom is -0.483 e. The van der Waals surface area contributed by atoms with Gasteiger partial charge in [-0.15, -0.1) is 0 Å². The predicted molar refractivity (Wildman–Crippen MR) is 100 cm³/mol. The fourth-order valence-electron chi connectivity index (χ4n) is 2.23. The van der Waals surface area contributed by atoms with Crippen LogP contribution in [0.25, 0.3) is 6.08 Å². The van der Waals surface area contributed by atoms with E-state index in [1.165, 1.54) is 37.4 Å². The predicted octanol–water partition coefficient (Wildman–Crippen LogP) is 3.51. The van der Waals surface area contributed by atoms with Crippen molar-refractivity contribution in [3.63, 3.8) is 0 Å². The molecule has 29 heavy (non-hydrogen) atoms. The van der Waals surface area contributed by atoms with Gasteiger partial charge in [-0.3, -0.25) is 9.59 Å². The molecule has 0 fully saturated rings. The number of alkyl halides is 3. The summed E-state index contributed by atoms with van der Waals surface area (Å²) in [4.78, 5) is 23.5. The lowest BCUT2D eigenvalue weighted by molar-refractivity contribution is -0.153. The number of carbonyl (C=O) groups excluding carboxylic acids is 2. The molecule has 0 unspecified atom stereocenters. The first-order valence-corrected chi connectivity index (χ1v) is 8.27. The third-order valence-electron chi connectivity index (χ3n) is 3.59. The molecule has 6 nitrogen and oxygen atoms in total. The van der Waals surface area contributed by atoms with Crippen LogP contribution >= 0.6 is 0 Å². The quantitative estimate of drug-likeness (QED) is 0.722. The number of benzene rings is 2. The van der Waals surface area contributed by atoms with E-state index >= 15 is 0 Å². The molecule has 0 radical (unpaired) electrons. The molecule has 0 aliphatic heterocycles. The van der Waals surface area contributed by atoms with E-state index in [2.05, 4.69) is 15.4 Å². The minimum atomic E-state index is -4.52. The van der Waals surface area contributed by atoms with E-state index in [0.29, 0.717) is 11.1 Å². The van der Waals surface area contributed by atoms with Crippen molar-refractivity contribution in [1.82, 2.24) is 5.32 Å². The standard InChI is InChI=1S/C20H16F3N3O3/c1-25-19(28)14-5-2-13(3-6-14)4-9-18(27)26-16-7-8-17(15(10-16)11-24)29-12-20(21,22)23/h2-10H,12H2,1H3,(H,25,28)(H,26,27)/b9-4+. The van der Waals surface area contributed by atoms with Crippen molar-refractivity contribution in [2.45, 2.75) is 6.18 Å². The second kappa shape index (κ2) is 9.41. The van der Waals surface area contributed by atoms with Gasteiger partial charge < -0.3 is 15.4 Å². The van der Waals surface area contributed by atoms with Crippen LogP contribution in [-0.4, -0.2) is 31.6 Å². The van der Waals surface area contributed by atoms with Crippen molar-refractivity contribution in [3.8, 4) is 11.8 Å². The van der Waals surface area contributed by atoms with Crippen LogP contribution in [0.15, 0.2) is 48.5 Å². The zero-order valence-electron chi connectivity index (χ0n) is 15.2. The Balaban J connectivity index is 2.02. The molecule has 0 aliphatic carbocycles. The maximum atomic E-state index is 12.2. The van der Waals surface area contributed by atoms with E-state index in [1.807, 2.05) is 0 Å². The van der Waals surface area contributed by atoms with Crippen LogP contribution in [0.4, 0.5) is 18.9 Å². The lowest BCUT2D eigenvalue weighted by Crippen LogP contribution is -2.19. The highest BCUT2D eigenvalue weighted by molar-refractivity contribution is 6.02. The van der Waals surface area contributed by atoms with Crippen molar-refractivity contribution in [3.05, 3.63) is 65.2 Å². The van der Waals surface area contributed by atoms with Gasteiger partial charge in [0.1, 0.15) is 11.8 Å². The van der Waals surface area contributed by atoms with Crippen LogP contribution in [-0.2, 0) is 4.79 Å². The van der Waals surface area contributed by atoms with Gasteiger partial charge in [0.15, 0.2) is 6.61 Å². The summed E-state index contributed by atoms with van der Waals surface area (Å²) in [7, 11) is 1.52. The molecule has 2 amide bonds. The van der Waals surface area contributed by atoms with E-state index in [4.69, 9.17) is 5.26 Å². The summed E-state index contributed by atoms with van der Waals surface area (Å²) in [5.41, 5.74) is 1.25. The molecule has 0 aromatic heterocycles. The summed E-state index contributed by atoms with van der Waals surface area (Å²) in [6, 6.07) is 12.0. The summed E-state index contributed by atoms with van der Waals surface area (Å²) in [5.74, 6) is -0.961. The zero-order chi connectivity index (χ0) is 21.4. The van der Waals surface area contributed by atoms with Crippen LogP contribution in [0.3, 0.4) is 0 Å². The Labute approximate surface area is 164 Å². The van der Waals surface area contributed by atoms with Crippen LogP contribution in [0.2, 0.25) is 0 Å². The normalized spacial score (nSPS) is 11.0. The summed E-state index contributed by atoms with van der Waals surface area (Å²) in [6.07, 6.45) is -1.76. The molecule has 0 spiro atoms. The Bertz CT molecular complexity index is 962. The van der Waals surface area contributed by atoms with Crippen molar-refractivity contribution in [2.24, 2.45) is 0 Å². The van der Waals surface area contributed by atoms with Gasteiger partial charge in [-0.2, -0.15) is 18.4 Å². The van der Waals surface area contributed by atoms with Gasteiger partial charge in [0.05, 0.1) is 5.56 Å². The van der Waals surface area contributed by atoms with Crippen LogP contribution in [0.1, 0.15) is 21.5 Å². The van der Waals surface area contributed by atoms with Gasteiger partial charge in [0.2, 0.25) is 5.91 Å². The maximum absolute atomic E-state index is 12.2. The molecule has 0 heterocycles. The smallest absolute Gasteiger partial charge is 0.422 e. The number of ether oxygens (including phenoxy) is 1. The number of hydrogen-bond donors (Lipinski definition) is 2. The number of anilines is 1. The Kier molecular flexibility index (Phi) is 6.98. The molecule has 0 aliphatic rings. The summed E-state index contributed by atoms with van der Waals surface area (Å²) in [6.45, 7) is -1.52. The Morgan fingerprint density at radius 2 is 1.86 bits per heavy atom. The van der Waals surface area contributed by atoms with Crippen LogP contribution in [0, 0.1) is 11.3 Å². The maximum Gasteiger partial charge on any atom is 0.422 e. The van der Waals surface area contributed by atoms with Gasteiger partial charge in [-0.05, 0) is 42.0 Å². The van der Waals surface area contributed by atoms with Crippen molar-refractivity contribution in [2.75, 3.05) is 19.0 Å². The van der Waals surface area contributed by atoms with Crippen LogP contribution < -0.4 is 15.4 Å². The molecular weight excluding hydrogens is 387 g/mol. The summed E-state index contributed by atoms with van der Waals surface area (Å²) < 4.78 is 41.3. The number of nitrogens with zero attached hydrogens (tertiary/aromatic N) is 1. The third-order valence-corrected chi connectivity index (χ3v) is 3.59. The number of nitrogens with one attached hydrogen (secondary N) is 2. The molecule has 9 heteroatoms. The Morgan fingerprint density at radius 1 is 1.17 bits per heavy atom. The highest BCUT2D eigenvalue weighted by Gasteiger charge is 2.28.